The second-order valence-corrected chi connectivity index (χ2v) is 5.32. The van der Waals surface area contributed by atoms with E-state index in [9.17, 15) is 5.11 Å². The molecule has 0 radical (unpaired) electrons. The Morgan fingerprint density at radius 2 is 2.19 bits per heavy atom. The maximum Gasteiger partial charge on any atom is 0.0679 e. The van der Waals surface area contributed by atoms with Gasteiger partial charge in [-0.2, -0.15) is 0 Å². The zero-order chi connectivity index (χ0) is 11.4. The van der Waals surface area contributed by atoms with Crippen molar-refractivity contribution in [1.29, 1.82) is 0 Å². The molecule has 0 bridgehead atoms. The van der Waals surface area contributed by atoms with Gasteiger partial charge in [-0.1, -0.05) is 0 Å². The Morgan fingerprint density at radius 3 is 2.75 bits per heavy atom. The fourth-order valence-electron chi connectivity index (χ4n) is 3.00. The first-order chi connectivity index (χ1) is 7.74. The second kappa shape index (κ2) is 5.45. The third-order valence-electron chi connectivity index (χ3n) is 3.91. The summed E-state index contributed by atoms with van der Waals surface area (Å²) in [4.78, 5) is 2.41. The topological polar surface area (TPSA) is 44.7 Å². The summed E-state index contributed by atoms with van der Waals surface area (Å²) in [5.41, 5.74) is 0.358. The van der Waals surface area contributed by atoms with Crippen molar-refractivity contribution in [2.45, 2.75) is 25.4 Å². The lowest BCUT2D eigenvalue weighted by Crippen LogP contribution is -2.46. The lowest BCUT2D eigenvalue weighted by atomic mass is 9.79. The van der Waals surface area contributed by atoms with Gasteiger partial charge in [0.05, 0.1) is 6.10 Å². The predicted octanol–water partition coefficient (Wildman–Crippen LogP) is 0.0692. The van der Waals surface area contributed by atoms with Crippen LogP contribution in [0.25, 0.3) is 0 Å². The van der Waals surface area contributed by atoms with Crippen LogP contribution < -0.4 is 5.32 Å². The molecule has 94 valence electrons. The summed E-state index contributed by atoms with van der Waals surface area (Å²) < 4.78 is 5.46. The normalized spacial score (nSPS) is 30.8. The molecule has 2 fully saturated rings. The van der Waals surface area contributed by atoms with Crippen LogP contribution in [0.4, 0.5) is 0 Å². The van der Waals surface area contributed by atoms with Gasteiger partial charge < -0.3 is 20.1 Å². The van der Waals surface area contributed by atoms with Gasteiger partial charge in [0.25, 0.3) is 0 Å². The number of hydrogen-bond donors (Lipinski definition) is 2. The van der Waals surface area contributed by atoms with E-state index in [-0.39, 0.29) is 6.10 Å². The summed E-state index contributed by atoms with van der Waals surface area (Å²) in [6.07, 6.45) is 3.11. The number of rotatable bonds is 4. The fourth-order valence-corrected chi connectivity index (χ4v) is 3.00. The van der Waals surface area contributed by atoms with Crippen molar-refractivity contribution in [3.63, 3.8) is 0 Å². The fraction of sp³-hybridized carbons (Fsp3) is 1.00. The first-order valence-electron chi connectivity index (χ1n) is 6.37. The predicted molar refractivity (Wildman–Crippen MR) is 63.5 cm³/mol. The molecular formula is C12H24N2O2. The van der Waals surface area contributed by atoms with Crippen LogP contribution in [0.1, 0.15) is 19.3 Å². The average molecular weight is 228 g/mol. The van der Waals surface area contributed by atoms with Crippen LogP contribution in [0.15, 0.2) is 0 Å². The third-order valence-corrected chi connectivity index (χ3v) is 3.91. The highest BCUT2D eigenvalue weighted by molar-refractivity contribution is 4.89. The largest absolute Gasteiger partial charge is 0.392 e. The molecule has 2 N–H and O–H groups in total. The van der Waals surface area contributed by atoms with E-state index in [1.54, 1.807) is 0 Å². The van der Waals surface area contributed by atoms with Crippen molar-refractivity contribution in [3.8, 4) is 0 Å². The van der Waals surface area contributed by atoms with Crippen LogP contribution in [0.5, 0.6) is 0 Å². The molecule has 0 amide bonds. The Morgan fingerprint density at radius 1 is 1.44 bits per heavy atom. The van der Waals surface area contributed by atoms with Crippen molar-refractivity contribution < 1.29 is 9.84 Å². The van der Waals surface area contributed by atoms with E-state index in [1.807, 2.05) is 7.05 Å². The Hall–Kier alpha value is -0.160. The van der Waals surface area contributed by atoms with Gasteiger partial charge in [0.15, 0.2) is 0 Å². The maximum atomic E-state index is 9.56. The number of nitrogens with zero attached hydrogens (tertiary/aromatic N) is 1. The van der Waals surface area contributed by atoms with E-state index in [0.717, 1.165) is 58.7 Å². The summed E-state index contributed by atoms with van der Waals surface area (Å²) in [6, 6.07) is 0. The molecule has 0 aromatic heterocycles. The Bertz CT molecular complexity index is 212. The average Bonchev–Trinajstić information content (AvgIpc) is 2.65. The maximum absolute atomic E-state index is 9.56. The van der Waals surface area contributed by atoms with E-state index in [2.05, 4.69) is 10.2 Å². The highest BCUT2D eigenvalue weighted by Crippen LogP contribution is 2.31. The van der Waals surface area contributed by atoms with E-state index in [4.69, 9.17) is 4.74 Å². The second-order valence-electron chi connectivity index (χ2n) is 5.32. The molecule has 2 aliphatic heterocycles. The molecule has 4 nitrogen and oxygen atoms in total. The smallest absolute Gasteiger partial charge is 0.0679 e. The number of aliphatic hydroxyl groups is 1. The molecule has 0 saturated carbocycles. The Kier molecular flexibility index (Phi) is 4.19. The van der Waals surface area contributed by atoms with Crippen LogP contribution in [-0.2, 0) is 4.74 Å². The molecule has 2 rings (SSSR count). The summed E-state index contributed by atoms with van der Waals surface area (Å²) in [7, 11) is 2.02. The SMILES string of the molecule is CNCC1(CN2CCC(O)C2)CCOCC1. The van der Waals surface area contributed by atoms with Crippen LogP contribution in [-0.4, -0.2) is 62.6 Å². The monoisotopic (exact) mass is 228 g/mol. The quantitative estimate of drug-likeness (QED) is 0.715. The highest BCUT2D eigenvalue weighted by Gasteiger charge is 2.35. The molecule has 2 saturated heterocycles. The van der Waals surface area contributed by atoms with Crippen molar-refractivity contribution in [1.82, 2.24) is 10.2 Å². The number of hydrogen-bond acceptors (Lipinski definition) is 4. The lowest BCUT2D eigenvalue weighted by molar-refractivity contribution is -0.00156. The van der Waals surface area contributed by atoms with Crippen molar-refractivity contribution in [3.05, 3.63) is 0 Å². The molecule has 0 spiro atoms. The van der Waals surface area contributed by atoms with Gasteiger partial charge in [0.1, 0.15) is 0 Å². The molecule has 4 heteroatoms. The van der Waals surface area contributed by atoms with E-state index in [1.165, 1.54) is 0 Å². The third kappa shape index (κ3) is 2.94. The van der Waals surface area contributed by atoms with E-state index >= 15 is 0 Å². The molecule has 0 aromatic rings. The van der Waals surface area contributed by atoms with Gasteiger partial charge in [-0.25, -0.2) is 0 Å². The summed E-state index contributed by atoms with van der Waals surface area (Å²) >= 11 is 0. The zero-order valence-electron chi connectivity index (χ0n) is 10.2. The Labute approximate surface area is 98.0 Å². The van der Waals surface area contributed by atoms with Gasteiger partial charge in [0, 0.05) is 39.4 Å². The minimum Gasteiger partial charge on any atom is -0.392 e. The number of likely N-dealkylation sites (tertiary alicyclic amines) is 1. The molecule has 1 unspecified atom stereocenters. The molecule has 2 heterocycles. The minimum atomic E-state index is -0.105. The van der Waals surface area contributed by atoms with Crippen LogP contribution in [0, 0.1) is 5.41 Å². The van der Waals surface area contributed by atoms with Gasteiger partial charge in [0.2, 0.25) is 0 Å². The lowest BCUT2D eigenvalue weighted by Gasteiger charge is -2.40. The number of nitrogens with one attached hydrogen (secondary N) is 1. The molecule has 16 heavy (non-hydrogen) atoms. The van der Waals surface area contributed by atoms with E-state index in [0.29, 0.717) is 5.41 Å². The minimum absolute atomic E-state index is 0.105. The van der Waals surface area contributed by atoms with Crippen LogP contribution in [0.3, 0.4) is 0 Å². The first-order valence-corrected chi connectivity index (χ1v) is 6.37. The standard InChI is InChI=1S/C12H24N2O2/c1-13-9-12(3-6-16-7-4-12)10-14-5-2-11(15)8-14/h11,13,15H,2-10H2,1H3. The number of ether oxygens (including phenoxy) is 1. The van der Waals surface area contributed by atoms with Crippen molar-refractivity contribution in [2.75, 3.05) is 46.4 Å². The summed E-state index contributed by atoms with van der Waals surface area (Å²) in [6.45, 7) is 5.84. The van der Waals surface area contributed by atoms with Crippen LogP contribution in [0.2, 0.25) is 0 Å². The van der Waals surface area contributed by atoms with Gasteiger partial charge >= 0.3 is 0 Å². The first kappa shape index (κ1) is 12.3. The molecule has 2 aliphatic rings. The summed E-state index contributed by atoms with van der Waals surface area (Å²) in [5.74, 6) is 0. The molecule has 0 aliphatic carbocycles. The Balaban J connectivity index is 1.91. The zero-order valence-corrected chi connectivity index (χ0v) is 10.2. The van der Waals surface area contributed by atoms with E-state index < -0.39 is 0 Å². The van der Waals surface area contributed by atoms with Gasteiger partial charge in [-0.3, -0.25) is 0 Å². The summed E-state index contributed by atoms with van der Waals surface area (Å²) in [5, 5.41) is 12.9. The van der Waals surface area contributed by atoms with Crippen molar-refractivity contribution >= 4 is 0 Å². The number of aliphatic hydroxyl groups excluding tert-OH is 1. The molecular weight excluding hydrogens is 204 g/mol. The van der Waals surface area contributed by atoms with Crippen LogP contribution >= 0.6 is 0 Å². The number of β-amino-alcohol motifs (C(OH)–C–C–N with tert-alkyl or cyclic N) is 1. The molecule has 1 atom stereocenters. The van der Waals surface area contributed by atoms with Gasteiger partial charge in [-0.15, -0.1) is 0 Å². The highest BCUT2D eigenvalue weighted by atomic mass is 16.5. The van der Waals surface area contributed by atoms with Gasteiger partial charge in [-0.05, 0) is 31.7 Å². The van der Waals surface area contributed by atoms with Crippen molar-refractivity contribution in [2.24, 2.45) is 5.41 Å². The molecule has 0 aromatic carbocycles.